The zero-order valence-corrected chi connectivity index (χ0v) is 25.1. The van der Waals surface area contributed by atoms with Crippen LogP contribution in [0.1, 0.15) is 33.3 Å². The van der Waals surface area contributed by atoms with Crippen molar-refractivity contribution in [1.82, 2.24) is 10.2 Å². The van der Waals surface area contributed by atoms with E-state index < -0.39 is 40.0 Å². The minimum Gasteiger partial charge on any atom is -0.350 e. The van der Waals surface area contributed by atoms with Crippen molar-refractivity contribution in [3.63, 3.8) is 0 Å². The standard InChI is InChI=1S/C28H30Cl3N3O4S/c1-19(27(36)32-28(2,3)4)33(17-20-9-8-10-21(29)15-20)26(35)18-34(25-16-22(30)13-14-24(25)31)39(37,38)23-11-6-5-7-12-23/h5-16,19H,17-18H2,1-4H3,(H,32,36). The smallest absolute Gasteiger partial charge is 0.264 e. The molecule has 0 aliphatic rings. The number of nitrogens with one attached hydrogen (secondary N) is 1. The first-order valence-electron chi connectivity index (χ1n) is 12.1. The van der Waals surface area contributed by atoms with E-state index in [4.69, 9.17) is 34.8 Å². The van der Waals surface area contributed by atoms with Gasteiger partial charge in [0.05, 0.1) is 15.6 Å². The molecule has 2 amide bonds. The average Bonchev–Trinajstić information content (AvgIpc) is 2.86. The van der Waals surface area contributed by atoms with E-state index in [1.54, 1.807) is 49.4 Å². The van der Waals surface area contributed by atoms with E-state index in [1.165, 1.54) is 35.2 Å². The van der Waals surface area contributed by atoms with Crippen LogP contribution in [0.25, 0.3) is 0 Å². The van der Waals surface area contributed by atoms with Crippen molar-refractivity contribution in [2.24, 2.45) is 0 Å². The van der Waals surface area contributed by atoms with Crippen molar-refractivity contribution in [3.05, 3.63) is 93.4 Å². The van der Waals surface area contributed by atoms with Crippen LogP contribution < -0.4 is 9.62 Å². The van der Waals surface area contributed by atoms with Gasteiger partial charge in [-0.05, 0) is 75.7 Å². The molecule has 0 heterocycles. The lowest BCUT2D eigenvalue weighted by molar-refractivity contribution is -0.140. The van der Waals surface area contributed by atoms with Crippen LogP contribution in [0.3, 0.4) is 0 Å². The third-order valence-corrected chi connectivity index (χ3v) is 8.26. The van der Waals surface area contributed by atoms with Gasteiger partial charge in [0, 0.05) is 22.1 Å². The molecule has 0 aromatic heterocycles. The summed E-state index contributed by atoms with van der Waals surface area (Å²) in [5.41, 5.74) is 0.160. The number of benzene rings is 3. The Balaban J connectivity index is 2.07. The molecule has 0 saturated heterocycles. The maximum absolute atomic E-state index is 13.9. The Morgan fingerprint density at radius 2 is 1.54 bits per heavy atom. The fourth-order valence-corrected chi connectivity index (χ4v) is 5.89. The van der Waals surface area contributed by atoms with Gasteiger partial charge in [0.1, 0.15) is 12.6 Å². The fraction of sp³-hybridized carbons (Fsp3) is 0.286. The minimum absolute atomic E-state index is 0.0145. The zero-order valence-electron chi connectivity index (χ0n) is 22.0. The van der Waals surface area contributed by atoms with Gasteiger partial charge in [-0.2, -0.15) is 0 Å². The molecular formula is C28H30Cl3N3O4S. The topological polar surface area (TPSA) is 86.8 Å². The van der Waals surface area contributed by atoms with Gasteiger partial charge in [-0.1, -0.05) is 65.1 Å². The second kappa shape index (κ2) is 12.6. The molecule has 1 atom stereocenters. The second-order valence-corrected chi connectivity index (χ2v) is 13.1. The summed E-state index contributed by atoms with van der Waals surface area (Å²) in [6, 6.07) is 18.0. The lowest BCUT2D eigenvalue weighted by Gasteiger charge is -2.33. The highest BCUT2D eigenvalue weighted by molar-refractivity contribution is 7.92. The largest absolute Gasteiger partial charge is 0.350 e. The van der Waals surface area contributed by atoms with E-state index in [9.17, 15) is 18.0 Å². The third-order valence-electron chi connectivity index (χ3n) is 5.69. The molecule has 3 rings (SSSR count). The van der Waals surface area contributed by atoms with Gasteiger partial charge >= 0.3 is 0 Å². The molecule has 0 radical (unpaired) electrons. The summed E-state index contributed by atoms with van der Waals surface area (Å²) in [4.78, 5) is 28.4. The van der Waals surface area contributed by atoms with Crippen molar-refractivity contribution >= 4 is 62.3 Å². The summed E-state index contributed by atoms with van der Waals surface area (Å²) in [6.45, 7) is 6.46. The molecular weight excluding hydrogens is 581 g/mol. The average molecular weight is 611 g/mol. The maximum Gasteiger partial charge on any atom is 0.264 e. The Hall–Kier alpha value is -2.78. The van der Waals surface area contributed by atoms with E-state index >= 15 is 0 Å². The number of halogens is 3. The molecule has 11 heteroatoms. The molecule has 3 aromatic rings. The van der Waals surface area contributed by atoms with Gasteiger partial charge in [-0.25, -0.2) is 8.42 Å². The van der Waals surface area contributed by atoms with Crippen LogP contribution in [0.2, 0.25) is 15.1 Å². The van der Waals surface area contributed by atoms with E-state index in [0.717, 1.165) is 4.31 Å². The summed E-state index contributed by atoms with van der Waals surface area (Å²) >= 11 is 18.8. The lowest BCUT2D eigenvalue weighted by atomic mass is 10.1. The number of hydrogen-bond acceptors (Lipinski definition) is 4. The number of hydrogen-bond donors (Lipinski definition) is 1. The second-order valence-electron chi connectivity index (χ2n) is 9.99. The fourth-order valence-electron chi connectivity index (χ4n) is 3.80. The first-order chi connectivity index (χ1) is 18.2. The van der Waals surface area contributed by atoms with Crippen molar-refractivity contribution < 1.29 is 18.0 Å². The Kier molecular flexibility index (Phi) is 9.93. The first-order valence-corrected chi connectivity index (χ1v) is 14.7. The van der Waals surface area contributed by atoms with E-state index in [0.29, 0.717) is 10.6 Å². The van der Waals surface area contributed by atoms with Gasteiger partial charge in [0.25, 0.3) is 10.0 Å². The summed E-state index contributed by atoms with van der Waals surface area (Å²) in [7, 11) is -4.26. The normalized spacial score (nSPS) is 12.5. The Labute approximate surface area is 244 Å². The number of sulfonamides is 1. The predicted molar refractivity (Wildman–Crippen MR) is 157 cm³/mol. The summed E-state index contributed by atoms with van der Waals surface area (Å²) < 4.78 is 28.5. The van der Waals surface area contributed by atoms with Gasteiger partial charge in [0.2, 0.25) is 11.8 Å². The molecule has 0 saturated carbocycles. The zero-order chi connectivity index (χ0) is 29.0. The van der Waals surface area contributed by atoms with Gasteiger partial charge < -0.3 is 10.2 Å². The molecule has 0 aliphatic heterocycles. The van der Waals surface area contributed by atoms with E-state index in [-0.39, 0.29) is 27.2 Å². The molecule has 0 fully saturated rings. The minimum atomic E-state index is -4.26. The third kappa shape index (κ3) is 8.11. The highest BCUT2D eigenvalue weighted by Gasteiger charge is 2.34. The van der Waals surface area contributed by atoms with E-state index in [2.05, 4.69) is 5.32 Å². The van der Waals surface area contributed by atoms with Crippen LogP contribution in [-0.2, 0) is 26.2 Å². The van der Waals surface area contributed by atoms with Crippen molar-refractivity contribution in [3.8, 4) is 0 Å². The molecule has 1 unspecified atom stereocenters. The summed E-state index contributed by atoms with van der Waals surface area (Å²) in [5, 5.41) is 3.67. The number of rotatable bonds is 9. The Morgan fingerprint density at radius 3 is 2.15 bits per heavy atom. The molecule has 0 spiro atoms. The molecule has 208 valence electrons. The monoisotopic (exact) mass is 609 g/mol. The number of carbonyl (C=O) groups is 2. The van der Waals surface area contributed by atoms with Gasteiger partial charge in [-0.3, -0.25) is 13.9 Å². The molecule has 0 bridgehead atoms. The first kappa shape index (κ1) is 30.8. The Bertz CT molecular complexity index is 1440. The van der Waals surface area contributed by atoms with E-state index in [1.807, 2.05) is 20.8 Å². The molecule has 7 nitrogen and oxygen atoms in total. The maximum atomic E-state index is 13.9. The van der Waals surface area contributed by atoms with Crippen LogP contribution in [0.15, 0.2) is 77.7 Å². The van der Waals surface area contributed by atoms with Crippen LogP contribution in [0.4, 0.5) is 5.69 Å². The number of anilines is 1. The van der Waals surface area contributed by atoms with Gasteiger partial charge in [-0.15, -0.1) is 0 Å². The molecule has 3 aromatic carbocycles. The van der Waals surface area contributed by atoms with Crippen molar-refractivity contribution in [2.45, 2.75) is 50.7 Å². The van der Waals surface area contributed by atoms with Gasteiger partial charge in [0.15, 0.2) is 0 Å². The summed E-state index contributed by atoms with van der Waals surface area (Å²) in [6.07, 6.45) is 0. The van der Waals surface area contributed by atoms with Crippen LogP contribution in [-0.4, -0.2) is 43.3 Å². The van der Waals surface area contributed by atoms with Crippen LogP contribution in [0, 0.1) is 0 Å². The number of amides is 2. The number of carbonyl (C=O) groups excluding carboxylic acids is 2. The molecule has 0 aliphatic carbocycles. The highest BCUT2D eigenvalue weighted by atomic mass is 35.5. The quantitative estimate of drug-likeness (QED) is 0.314. The molecule has 1 N–H and O–H groups in total. The van der Waals surface area contributed by atoms with Crippen molar-refractivity contribution in [1.29, 1.82) is 0 Å². The van der Waals surface area contributed by atoms with Crippen LogP contribution in [0.5, 0.6) is 0 Å². The van der Waals surface area contributed by atoms with Crippen molar-refractivity contribution in [2.75, 3.05) is 10.8 Å². The lowest BCUT2D eigenvalue weighted by Crippen LogP contribution is -2.54. The predicted octanol–water partition coefficient (Wildman–Crippen LogP) is 6.17. The summed E-state index contributed by atoms with van der Waals surface area (Å²) in [5.74, 6) is -1.02. The Morgan fingerprint density at radius 1 is 0.897 bits per heavy atom. The van der Waals surface area contributed by atoms with Crippen LogP contribution >= 0.6 is 34.8 Å². The molecule has 39 heavy (non-hydrogen) atoms. The number of nitrogens with zero attached hydrogens (tertiary/aromatic N) is 2. The highest BCUT2D eigenvalue weighted by Crippen LogP contribution is 2.33. The SMILES string of the molecule is CC(C(=O)NC(C)(C)C)N(Cc1cccc(Cl)c1)C(=O)CN(c1cc(Cl)ccc1Cl)S(=O)(=O)c1ccccc1.